The number of benzene rings is 2. The number of carbonyl (C=O) groups is 2. The Morgan fingerprint density at radius 3 is 2.56 bits per heavy atom. The Balaban J connectivity index is 1.44. The number of nitrogens with zero attached hydrogens (tertiary/aromatic N) is 1. The first-order chi connectivity index (χ1) is 13.2. The summed E-state index contributed by atoms with van der Waals surface area (Å²) in [4.78, 5) is 26.9. The van der Waals surface area contributed by atoms with Gasteiger partial charge < -0.3 is 19.7 Å². The number of hydrogen-bond donors (Lipinski definition) is 1. The molecular weight excluding hydrogens is 364 g/mol. The summed E-state index contributed by atoms with van der Waals surface area (Å²) in [5, 5.41) is 2.79. The van der Waals surface area contributed by atoms with Crippen LogP contribution in [0.5, 0.6) is 11.5 Å². The molecule has 6 nitrogen and oxygen atoms in total. The molecule has 0 unspecified atom stereocenters. The highest BCUT2D eigenvalue weighted by Gasteiger charge is 2.25. The fourth-order valence-electron chi connectivity index (χ4n) is 2.68. The van der Waals surface area contributed by atoms with Gasteiger partial charge in [0.15, 0.2) is 0 Å². The normalized spacial score (nSPS) is 13.1. The molecule has 1 heterocycles. The van der Waals surface area contributed by atoms with Gasteiger partial charge in [-0.2, -0.15) is 0 Å². The zero-order valence-electron chi connectivity index (χ0n) is 15.1. The monoisotopic (exact) mass is 386 g/mol. The molecule has 3 rings (SSSR count). The molecule has 2 aromatic carbocycles. The Labute approximate surface area is 162 Å². The van der Waals surface area contributed by atoms with Crippen molar-refractivity contribution in [2.24, 2.45) is 0 Å². The van der Waals surface area contributed by atoms with E-state index in [2.05, 4.69) is 5.32 Å². The van der Waals surface area contributed by atoms with Gasteiger partial charge in [-0.1, -0.05) is 12.1 Å². The fraction of sp³-hybridized carbons (Fsp3) is 0.300. The van der Waals surface area contributed by atoms with Gasteiger partial charge in [0.1, 0.15) is 24.7 Å². The topological polar surface area (TPSA) is 67.9 Å². The number of amides is 2. The number of anilines is 1. The van der Waals surface area contributed by atoms with Gasteiger partial charge in [-0.3, -0.25) is 9.59 Å². The molecule has 0 saturated heterocycles. The van der Waals surface area contributed by atoms with Crippen LogP contribution in [0.25, 0.3) is 0 Å². The second kappa shape index (κ2) is 9.32. The largest absolute Gasteiger partial charge is 0.494 e. The second-order valence-electron chi connectivity index (χ2n) is 5.84. The lowest BCUT2D eigenvalue weighted by molar-refractivity contribution is -0.123. The summed E-state index contributed by atoms with van der Waals surface area (Å²) in [6, 6.07) is 15.0. The molecule has 0 radical (unpaired) electrons. The molecule has 2 aromatic rings. The van der Waals surface area contributed by atoms with Crippen molar-refractivity contribution in [1.29, 1.82) is 0 Å². The smallest absolute Gasteiger partial charge is 0.240 e. The van der Waals surface area contributed by atoms with Crippen molar-refractivity contribution in [2.75, 3.05) is 37.0 Å². The van der Waals surface area contributed by atoms with E-state index in [1.165, 1.54) is 16.7 Å². The van der Waals surface area contributed by atoms with Gasteiger partial charge in [-0.15, -0.1) is 11.8 Å². The van der Waals surface area contributed by atoms with Crippen molar-refractivity contribution in [3.05, 3.63) is 48.5 Å². The first-order valence-electron chi connectivity index (χ1n) is 8.82. The molecule has 1 N–H and O–H groups in total. The number of nitrogens with one attached hydrogen (secondary N) is 1. The molecule has 27 heavy (non-hydrogen) atoms. The maximum atomic E-state index is 12.2. The average Bonchev–Trinajstić information content (AvgIpc) is 2.69. The van der Waals surface area contributed by atoms with Crippen molar-refractivity contribution < 1.29 is 19.1 Å². The molecule has 142 valence electrons. The maximum Gasteiger partial charge on any atom is 0.240 e. The van der Waals surface area contributed by atoms with Crippen molar-refractivity contribution >= 4 is 29.3 Å². The SMILES string of the molecule is CCOc1ccc(OCCNC(=O)CN2C(=O)CSc3ccccc32)cc1. The predicted molar refractivity (Wildman–Crippen MR) is 106 cm³/mol. The van der Waals surface area contributed by atoms with Crippen LogP contribution in [0.1, 0.15) is 6.92 Å². The first-order valence-corrected chi connectivity index (χ1v) is 9.80. The number of fused-ring (bicyclic) bond motifs is 1. The van der Waals surface area contributed by atoms with Gasteiger partial charge in [0.2, 0.25) is 11.8 Å². The molecule has 0 aromatic heterocycles. The van der Waals surface area contributed by atoms with E-state index in [1.54, 1.807) is 0 Å². The summed E-state index contributed by atoms with van der Waals surface area (Å²) in [6.07, 6.45) is 0. The molecule has 0 aliphatic carbocycles. The molecule has 0 bridgehead atoms. The molecule has 0 fully saturated rings. The summed E-state index contributed by atoms with van der Waals surface area (Å²) >= 11 is 1.50. The third-order valence-electron chi connectivity index (χ3n) is 3.94. The van der Waals surface area contributed by atoms with Crippen molar-refractivity contribution in [3.63, 3.8) is 0 Å². The van der Waals surface area contributed by atoms with Crippen LogP contribution in [-0.2, 0) is 9.59 Å². The molecule has 1 aliphatic heterocycles. The highest BCUT2D eigenvalue weighted by Crippen LogP contribution is 2.34. The number of thioether (sulfide) groups is 1. The Hall–Kier alpha value is -2.67. The number of rotatable bonds is 8. The van der Waals surface area contributed by atoms with Crippen LogP contribution in [-0.4, -0.2) is 43.9 Å². The minimum absolute atomic E-state index is 0.0134. The summed E-state index contributed by atoms with van der Waals surface area (Å²) in [7, 11) is 0. The minimum atomic E-state index is -0.208. The van der Waals surface area contributed by atoms with Gasteiger partial charge in [0.25, 0.3) is 0 Å². The number of para-hydroxylation sites is 1. The van der Waals surface area contributed by atoms with Crippen molar-refractivity contribution in [1.82, 2.24) is 5.32 Å². The van der Waals surface area contributed by atoms with Crippen LogP contribution in [0.4, 0.5) is 5.69 Å². The zero-order valence-corrected chi connectivity index (χ0v) is 16.0. The fourth-order valence-corrected chi connectivity index (χ4v) is 3.62. The first kappa shape index (κ1) is 19.1. The quantitative estimate of drug-likeness (QED) is 0.707. The molecule has 7 heteroatoms. The van der Waals surface area contributed by atoms with Gasteiger partial charge >= 0.3 is 0 Å². The highest BCUT2D eigenvalue weighted by atomic mass is 32.2. The van der Waals surface area contributed by atoms with E-state index in [0.717, 1.165) is 16.3 Å². The van der Waals surface area contributed by atoms with Gasteiger partial charge in [0, 0.05) is 4.90 Å². The van der Waals surface area contributed by atoms with Crippen LogP contribution in [0.3, 0.4) is 0 Å². The standard InChI is InChI=1S/C20H22N2O4S/c1-2-25-15-7-9-16(10-8-15)26-12-11-21-19(23)13-22-17-5-3-4-6-18(17)27-14-20(22)24/h3-10H,2,11-14H2,1H3,(H,21,23). The Morgan fingerprint density at radius 2 is 1.81 bits per heavy atom. The van der Waals surface area contributed by atoms with Crippen molar-refractivity contribution in [3.8, 4) is 11.5 Å². The zero-order chi connectivity index (χ0) is 19.1. The van der Waals surface area contributed by atoms with Crippen LogP contribution < -0.4 is 19.7 Å². The lowest BCUT2D eigenvalue weighted by Gasteiger charge is -2.28. The Morgan fingerprint density at radius 1 is 1.11 bits per heavy atom. The lowest BCUT2D eigenvalue weighted by Crippen LogP contribution is -2.44. The van der Waals surface area contributed by atoms with E-state index in [0.29, 0.717) is 31.3 Å². The average molecular weight is 386 g/mol. The predicted octanol–water partition coefficient (Wildman–Crippen LogP) is 2.72. The van der Waals surface area contributed by atoms with E-state index < -0.39 is 0 Å². The third kappa shape index (κ3) is 5.17. The van der Waals surface area contributed by atoms with E-state index >= 15 is 0 Å². The molecule has 0 saturated carbocycles. The van der Waals surface area contributed by atoms with Gasteiger partial charge in [-0.25, -0.2) is 0 Å². The summed E-state index contributed by atoms with van der Waals surface area (Å²) in [5.41, 5.74) is 0.791. The third-order valence-corrected chi connectivity index (χ3v) is 4.99. The van der Waals surface area contributed by atoms with E-state index in [1.807, 2.05) is 55.5 Å². The lowest BCUT2D eigenvalue weighted by atomic mass is 10.2. The summed E-state index contributed by atoms with van der Waals surface area (Å²) < 4.78 is 11.0. The van der Waals surface area contributed by atoms with Crippen LogP contribution >= 0.6 is 11.8 Å². The van der Waals surface area contributed by atoms with E-state index in [9.17, 15) is 9.59 Å². The Kier molecular flexibility index (Phi) is 6.59. The molecule has 2 amide bonds. The maximum absolute atomic E-state index is 12.2. The number of hydrogen-bond acceptors (Lipinski definition) is 5. The molecule has 0 atom stereocenters. The molecular formula is C20H22N2O4S. The van der Waals surface area contributed by atoms with Crippen LogP contribution in [0.2, 0.25) is 0 Å². The van der Waals surface area contributed by atoms with Gasteiger partial charge in [-0.05, 0) is 43.3 Å². The Bertz CT molecular complexity index is 795. The highest BCUT2D eigenvalue weighted by molar-refractivity contribution is 8.00. The second-order valence-corrected chi connectivity index (χ2v) is 6.86. The summed E-state index contributed by atoms with van der Waals surface area (Å²) in [5.74, 6) is 1.60. The van der Waals surface area contributed by atoms with Gasteiger partial charge in [0.05, 0.1) is 24.6 Å². The minimum Gasteiger partial charge on any atom is -0.494 e. The van der Waals surface area contributed by atoms with E-state index in [4.69, 9.17) is 9.47 Å². The van der Waals surface area contributed by atoms with Crippen molar-refractivity contribution in [2.45, 2.75) is 11.8 Å². The molecule has 0 spiro atoms. The summed E-state index contributed by atoms with van der Waals surface area (Å²) in [6.45, 7) is 3.28. The van der Waals surface area contributed by atoms with Crippen LogP contribution in [0, 0.1) is 0 Å². The number of carbonyl (C=O) groups excluding carboxylic acids is 2. The number of ether oxygens (including phenoxy) is 2. The van der Waals surface area contributed by atoms with Crippen LogP contribution in [0.15, 0.2) is 53.4 Å². The molecule has 1 aliphatic rings. The van der Waals surface area contributed by atoms with E-state index in [-0.39, 0.29) is 18.4 Å².